The van der Waals surface area contributed by atoms with E-state index in [1.54, 1.807) is 12.1 Å². The molecule has 1 heterocycles. The summed E-state index contributed by atoms with van der Waals surface area (Å²) < 4.78 is 33.7. The van der Waals surface area contributed by atoms with Crippen molar-refractivity contribution in [3.8, 4) is 11.5 Å². The minimum absolute atomic E-state index is 0.0720. The highest BCUT2D eigenvalue weighted by Crippen LogP contribution is 2.41. The van der Waals surface area contributed by atoms with Crippen LogP contribution < -0.4 is 9.47 Å². The first-order valence-corrected chi connectivity index (χ1v) is 4.10. The first kappa shape index (κ1) is 8.99. The van der Waals surface area contributed by atoms with Crippen molar-refractivity contribution < 1.29 is 18.3 Å². The predicted molar refractivity (Wildman–Crippen MR) is 46.5 cm³/mol. The van der Waals surface area contributed by atoms with Crippen LogP contribution in [0.3, 0.4) is 0 Å². The third kappa shape index (κ3) is 1.55. The summed E-state index contributed by atoms with van der Waals surface area (Å²) in [4.78, 5) is 0. The zero-order chi connectivity index (χ0) is 10.2. The van der Waals surface area contributed by atoms with Crippen molar-refractivity contribution in [2.75, 3.05) is 0 Å². The maximum absolute atomic E-state index is 12.6. The van der Waals surface area contributed by atoms with Crippen molar-refractivity contribution in [1.29, 1.82) is 0 Å². The third-order valence-electron chi connectivity index (χ3n) is 1.85. The van der Waals surface area contributed by atoms with Crippen molar-refractivity contribution in [2.45, 2.75) is 12.7 Å². The van der Waals surface area contributed by atoms with Crippen LogP contribution in [0.5, 0.6) is 11.5 Å². The van der Waals surface area contributed by atoms with Gasteiger partial charge in [-0.3, -0.25) is 0 Å². The molecular formula is C10H8F2O2. The lowest BCUT2D eigenvalue weighted by Crippen LogP contribution is -2.25. The van der Waals surface area contributed by atoms with Crippen molar-refractivity contribution >= 4 is 0 Å². The van der Waals surface area contributed by atoms with Gasteiger partial charge >= 0.3 is 6.29 Å². The van der Waals surface area contributed by atoms with E-state index in [2.05, 4.69) is 16.1 Å². The van der Waals surface area contributed by atoms with E-state index in [9.17, 15) is 8.78 Å². The Kier molecular flexibility index (Phi) is 1.91. The molecule has 0 aromatic heterocycles. The van der Waals surface area contributed by atoms with Crippen LogP contribution in [0.2, 0.25) is 0 Å². The number of halogens is 2. The molecule has 2 rings (SSSR count). The molecule has 74 valence electrons. The molecule has 0 spiro atoms. The molecule has 0 saturated carbocycles. The first-order chi connectivity index (χ1) is 6.61. The number of ether oxygens (including phenoxy) is 2. The summed E-state index contributed by atoms with van der Waals surface area (Å²) in [5, 5.41) is 0. The Hall–Kier alpha value is -1.58. The molecule has 0 atom stereocenters. The summed E-state index contributed by atoms with van der Waals surface area (Å²) in [6, 6.07) is 4.69. The van der Waals surface area contributed by atoms with Crippen molar-refractivity contribution in [1.82, 2.24) is 0 Å². The summed E-state index contributed by atoms with van der Waals surface area (Å²) in [5.41, 5.74) is 0.861. The maximum atomic E-state index is 12.6. The quantitative estimate of drug-likeness (QED) is 0.680. The molecule has 1 aromatic rings. The van der Waals surface area contributed by atoms with Crippen LogP contribution in [0.1, 0.15) is 5.56 Å². The molecule has 14 heavy (non-hydrogen) atoms. The van der Waals surface area contributed by atoms with Gasteiger partial charge in [0.1, 0.15) is 0 Å². The van der Waals surface area contributed by atoms with Crippen LogP contribution in [0.4, 0.5) is 8.78 Å². The Labute approximate surface area is 79.8 Å². The van der Waals surface area contributed by atoms with Crippen molar-refractivity contribution in [3.05, 3.63) is 36.4 Å². The fourth-order valence-corrected chi connectivity index (χ4v) is 1.29. The molecule has 4 heteroatoms. The van der Waals surface area contributed by atoms with E-state index in [1.165, 1.54) is 12.1 Å². The second kappa shape index (κ2) is 2.97. The van der Waals surface area contributed by atoms with Crippen LogP contribution in [-0.2, 0) is 6.42 Å². The van der Waals surface area contributed by atoms with E-state index in [0.717, 1.165) is 5.56 Å². The van der Waals surface area contributed by atoms with Crippen LogP contribution >= 0.6 is 0 Å². The minimum atomic E-state index is -3.53. The van der Waals surface area contributed by atoms with E-state index in [0.29, 0.717) is 6.42 Å². The van der Waals surface area contributed by atoms with Gasteiger partial charge in [0.15, 0.2) is 11.5 Å². The Bertz CT molecular complexity index is 374. The van der Waals surface area contributed by atoms with Crippen LogP contribution in [0.15, 0.2) is 30.9 Å². The SMILES string of the molecule is C=CCc1ccc2c(c1)OC(F)(F)O2. The molecule has 0 N–H and O–H groups in total. The number of hydrogen-bond donors (Lipinski definition) is 0. The number of hydrogen-bond acceptors (Lipinski definition) is 2. The van der Waals surface area contributed by atoms with Gasteiger partial charge in [0, 0.05) is 0 Å². The van der Waals surface area contributed by atoms with Crippen LogP contribution in [0, 0.1) is 0 Å². The highest BCUT2D eigenvalue weighted by atomic mass is 19.3. The average molecular weight is 198 g/mol. The highest BCUT2D eigenvalue weighted by molar-refractivity contribution is 5.45. The summed E-state index contributed by atoms with van der Waals surface area (Å²) in [6.45, 7) is 3.56. The topological polar surface area (TPSA) is 18.5 Å². The van der Waals surface area contributed by atoms with Gasteiger partial charge in [-0.1, -0.05) is 12.1 Å². The lowest BCUT2D eigenvalue weighted by molar-refractivity contribution is -0.286. The van der Waals surface area contributed by atoms with Gasteiger partial charge in [-0.05, 0) is 24.1 Å². The maximum Gasteiger partial charge on any atom is 0.586 e. The first-order valence-electron chi connectivity index (χ1n) is 4.10. The molecule has 0 aliphatic carbocycles. The van der Waals surface area contributed by atoms with Gasteiger partial charge in [-0.25, -0.2) is 0 Å². The summed E-state index contributed by atoms with van der Waals surface area (Å²) >= 11 is 0. The molecule has 0 bridgehead atoms. The van der Waals surface area contributed by atoms with Crippen molar-refractivity contribution in [2.24, 2.45) is 0 Å². The zero-order valence-corrected chi connectivity index (χ0v) is 7.30. The fourth-order valence-electron chi connectivity index (χ4n) is 1.29. The summed E-state index contributed by atoms with van der Waals surface area (Å²) in [7, 11) is 0. The van der Waals surface area contributed by atoms with Crippen LogP contribution in [-0.4, -0.2) is 6.29 Å². The van der Waals surface area contributed by atoms with E-state index >= 15 is 0 Å². The number of allylic oxidation sites excluding steroid dienone is 1. The molecule has 0 amide bonds. The van der Waals surface area contributed by atoms with Gasteiger partial charge in [-0.15, -0.1) is 15.4 Å². The number of fused-ring (bicyclic) bond motifs is 1. The summed E-state index contributed by atoms with van der Waals surface area (Å²) in [5.74, 6) is 0.150. The lowest BCUT2D eigenvalue weighted by atomic mass is 10.1. The Morgan fingerprint density at radius 2 is 2.00 bits per heavy atom. The van der Waals surface area contributed by atoms with E-state index in [1.807, 2.05) is 0 Å². The molecule has 2 nitrogen and oxygen atoms in total. The van der Waals surface area contributed by atoms with E-state index in [-0.39, 0.29) is 11.5 Å². The van der Waals surface area contributed by atoms with Gasteiger partial charge in [-0.2, -0.15) is 0 Å². The molecule has 0 unspecified atom stereocenters. The molecule has 1 aromatic carbocycles. The second-order valence-electron chi connectivity index (χ2n) is 2.94. The predicted octanol–water partition coefficient (Wildman–Crippen LogP) is 2.74. The van der Waals surface area contributed by atoms with Crippen LogP contribution in [0.25, 0.3) is 0 Å². The third-order valence-corrected chi connectivity index (χ3v) is 1.85. The highest BCUT2D eigenvalue weighted by Gasteiger charge is 2.43. The standard InChI is InChI=1S/C10H8F2O2/c1-2-3-7-4-5-8-9(6-7)14-10(11,12)13-8/h2,4-6H,1,3H2. The molecular weight excluding hydrogens is 190 g/mol. The monoisotopic (exact) mass is 198 g/mol. The van der Waals surface area contributed by atoms with Gasteiger partial charge in [0.25, 0.3) is 0 Å². The van der Waals surface area contributed by atoms with Gasteiger partial charge in [0.2, 0.25) is 0 Å². The molecule has 0 saturated heterocycles. The fraction of sp³-hybridized carbons (Fsp3) is 0.200. The second-order valence-corrected chi connectivity index (χ2v) is 2.94. The largest absolute Gasteiger partial charge is 0.586 e. The minimum Gasteiger partial charge on any atom is -0.395 e. The number of rotatable bonds is 2. The smallest absolute Gasteiger partial charge is 0.395 e. The molecule has 1 aliphatic rings. The molecule has 0 fully saturated rings. The van der Waals surface area contributed by atoms with Gasteiger partial charge in [0.05, 0.1) is 0 Å². The zero-order valence-electron chi connectivity index (χ0n) is 7.30. The van der Waals surface area contributed by atoms with Crippen molar-refractivity contribution in [3.63, 3.8) is 0 Å². The van der Waals surface area contributed by atoms with E-state index in [4.69, 9.17) is 0 Å². The Morgan fingerprint density at radius 1 is 1.29 bits per heavy atom. The van der Waals surface area contributed by atoms with E-state index < -0.39 is 6.29 Å². The Balaban J connectivity index is 2.30. The average Bonchev–Trinajstić information content (AvgIpc) is 2.38. The number of benzene rings is 1. The summed E-state index contributed by atoms with van der Waals surface area (Å²) in [6.07, 6.45) is -1.23. The molecule has 1 aliphatic heterocycles. The number of alkyl halides is 2. The van der Waals surface area contributed by atoms with Gasteiger partial charge < -0.3 is 9.47 Å². The lowest BCUT2D eigenvalue weighted by Gasteiger charge is -2.04. The Morgan fingerprint density at radius 3 is 2.71 bits per heavy atom. The normalized spacial score (nSPS) is 16.7. The molecule has 0 radical (unpaired) electrons.